The van der Waals surface area contributed by atoms with E-state index in [1.807, 2.05) is 37.3 Å². The SMILES string of the molecule is CCNC(=NCc1ccc(C)cc1OCC(F)(F)F)NCC(=O)NCc1ccccc1.I. The molecule has 2 aromatic carbocycles. The molecular formula is C22H28F3IN4O2. The first-order valence-electron chi connectivity index (χ1n) is 9.88. The Morgan fingerprint density at radius 2 is 1.78 bits per heavy atom. The van der Waals surface area contributed by atoms with Gasteiger partial charge in [0.15, 0.2) is 12.6 Å². The molecule has 0 spiro atoms. The number of nitrogens with zero attached hydrogens (tertiary/aromatic N) is 1. The molecule has 32 heavy (non-hydrogen) atoms. The minimum atomic E-state index is -4.42. The highest BCUT2D eigenvalue weighted by Gasteiger charge is 2.28. The molecule has 3 N–H and O–H groups in total. The van der Waals surface area contributed by atoms with Crippen LogP contribution in [-0.4, -0.2) is 37.7 Å². The molecule has 0 aliphatic rings. The van der Waals surface area contributed by atoms with Gasteiger partial charge < -0.3 is 20.7 Å². The molecule has 0 aliphatic heterocycles. The van der Waals surface area contributed by atoms with E-state index in [4.69, 9.17) is 4.74 Å². The van der Waals surface area contributed by atoms with Crippen molar-refractivity contribution >= 4 is 35.8 Å². The Kier molecular flexibility index (Phi) is 11.9. The highest BCUT2D eigenvalue weighted by molar-refractivity contribution is 14.0. The van der Waals surface area contributed by atoms with Crippen molar-refractivity contribution in [3.63, 3.8) is 0 Å². The normalized spacial score (nSPS) is 11.3. The van der Waals surface area contributed by atoms with E-state index in [0.29, 0.717) is 24.6 Å². The summed E-state index contributed by atoms with van der Waals surface area (Å²) in [5, 5.41) is 8.73. The number of hydrogen-bond acceptors (Lipinski definition) is 3. The molecule has 0 bridgehead atoms. The second-order valence-electron chi connectivity index (χ2n) is 6.83. The first-order valence-corrected chi connectivity index (χ1v) is 9.88. The summed E-state index contributed by atoms with van der Waals surface area (Å²) in [4.78, 5) is 16.4. The molecule has 0 aliphatic carbocycles. The summed E-state index contributed by atoms with van der Waals surface area (Å²) < 4.78 is 42.5. The molecule has 2 aromatic rings. The molecule has 176 valence electrons. The van der Waals surface area contributed by atoms with E-state index in [0.717, 1.165) is 11.1 Å². The predicted octanol–water partition coefficient (Wildman–Crippen LogP) is 3.93. The zero-order valence-electron chi connectivity index (χ0n) is 18.0. The van der Waals surface area contributed by atoms with Gasteiger partial charge in [0, 0.05) is 18.7 Å². The van der Waals surface area contributed by atoms with Crippen molar-refractivity contribution in [1.29, 1.82) is 0 Å². The molecule has 2 rings (SSSR count). The summed E-state index contributed by atoms with van der Waals surface area (Å²) in [6, 6.07) is 14.5. The monoisotopic (exact) mass is 564 g/mol. The van der Waals surface area contributed by atoms with E-state index in [1.165, 1.54) is 0 Å². The summed E-state index contributed by atoms with van der Waals surface area (Å²) in [5.74, 6) is 0.302. The van der Waals surface area contributed by atoms with Crippen molar-refractivity contribution in [2.24, 2.45) is 4.99 Å². The fraction of sp³-hybridized carbons (Fsp3) is 0.364. The van der Waals surface area contributed by atoms with Gasteiger partial charge in [0.1, 0.15) is 5.75 Å². The highest BCUT2D eigenvalue weighted by atomic mass is 127. The van der Waals surface area contributed by atoms with E-state index in [-0.39, 0.29) is 48.7 Å². The number of guanidine groups is 1. The topological polar surface area (TPSA) is 74.8 Å². The van der Waals surface area contributed by atoms with Crippen molar-refractivity contribution in [3.8, 4) is 5.75 Å². The maximum absolute atomic E-state index is 12.5. The number of aryl methyl sites for hydroxylation is 1. The second-order valence-corrected chi connectivity index (χ2v) is 6.83. The van der Waals surface area contributed by atoms with Crippen LogP contribution >= 0.6 is 24.0 Å². The van der Waals surface area contributed by atoms with E-state index < -0.39 is 12.8 Å². The Hall–Kier alpha value is -2.50. The van der Waals surface area contributed by atoms with Crippen LogP contribution in [0.3, 0.4) is 0 Å². The molecular weight excluding hydrogens is 536 g/mol. The standard InChI is InChI=1S/C22H27F3N4O2.HI/c1-3-26-21(29-14-20(30)27-12-17-7-5-4-6-8-17)28-13-18-10-9-16(2)11-19(18)31-15-22(23,24)25;/h4-11H,3,12-15H2,1-2H3,(H,27,30)(H2,26,28,29);1H. The maximum atomic E-state index is 12.5. The molecule has 0 radical (unpaired) electrons. The number of hydrogen-bond donors (Lipinski definition) is 3. The second kappa shape index (κ2) is 13.8. The number of alkyl halides is 3. The van der Waals surface area contributed by atoms with E-state index in [2.05, 4.69) is 20.9 Å². The van der Waals surface area contributed by atoms with Gasteiger partial charge >= 0.3 is 6.18 Å². The third-order valence-electron chi connectivity index (χ3n) is 4.11. The minimum absolute atomic E-state index is 0. The zero-order valence-corrected chi connectivity index (χ0v) is 20.3. The summed E-state index contributed by atoms with van der Waals surface area (Å²) in [6.45, 7) is 3.34. The summed E-state index contributed by atoms with van der Waals surface area (Å²) >= 11 is 0. The van der Waals surface area contributed by atoms with Crippen LogP contribution in [0.4, 0.5) is 13.2 Å². The first-order chi connectivity index (χ1) is 14.8. The third kappa shape index (κ3) is 10.7. The fourth-order valence-electron chi connectivity index (χ4n) is 2.62. The molecule has 0 saturated carbocycles. The molecule has 1 amide bonds. The van der Waals surface area contributed by atoms with Gasteiger partial charge in [0.25, 0.3) is 0 Å². The van der Waals surface area contributed by atoms with Crippen LogP contribution in [0.5, 0.6) is 5.75 Å². The molecule has 0 aromatic heterocycles. The van der Waals surface area contributed by atoms with Crippen LogP contribution in [0, 0.1) is 6.92 Å². The molecule has 0 saturated heterocycles. The van der Waals surface area contributed by atoms with E-state index in [1.54, 1.807) is 25.1 Å². The van der Waals surface area contributed by atoms with Crippen LogP contribution in [-0.2, 0) is 17.9 Å². The van der Waals surface area contributed by atoms with Crippen molar-refractivity contribution < 1.29 is 22.7 Å². The van der Waals surface area contributed by atoms with Gasteiger partial charge in [-0.3, -0.25) is 4.79 Å². The average molecular weight is 564 g/mol. The number of amides is 1. The number of carbonyl (C=O) groups excluding carboxylic acids is 1. The molecule has 6 nitrogen and oxygen atoms in total. The number of rotatable bonds is 9. The van der Waals surface area contributed by atoms with Crippen molar-refractivity contribution in [2.45, 2.75) is 33.1 Å². The number of halogens is 4. The van der Waals surface area contributed by atoms with E-state index in [9.17, 15) is 18.0 Å². The van der Waals surface area contributed by atoms with Crippen LogP contribution in [0.25, 0.3) is 0 Å². The van der Waals surface area contributed by atoms with Gasteiger partial charge in [-0.25, -0.2) is 4.99 Å². The third-order valence-corrected chi connectivity index (χ3v) is 4.11. The summed E-state index contributed by atoms with van der Waals surface area (Å²) in [7, 11) is 0. The van der Waals surface area contributed by atoms with Crippen molar-refractivity contribution in [2.75, 3.05) is 19.7 Å². The van der Waals surface area contributed by atoms with Crippen molar-refractivity contribution in [3.05, 3.63) is 65.2 Å². The maximum Gasteiger partial charge on any atom is 0.422 e. The number of carbonyl (C=O) groups is 1. The van der Waals surface area contributed by atoms with Crippen LogP contribution in [0.2, 0.25) is 0 Å². The number of nitrogens with one attached hydrogen (secondary N) is 3. The van der Waals surface area contributed by atoms with Crippen molar-refractivity contribution in [1.82, 2.24) is 16.0 Å². The van der Waals surface area contributed by atoms with Gasteiger partial charge in [-0.05, 0) is 31.0 Å². The first kappa shape index (κ1) is 27.5. The Balaban J connectivity index is 0.00000512. The lowest BCUT2D eigenvalue weighted by Crippen LogP contribution is -2.43. The van der Waals surface area contributed by atoms with Gasteiger partial charge in [-0.2, -0.15) is 13.2 Å². The van der Waals surface area contributed by atoms with Gasteiger partial charge in [0.2, 0.25) is 5.91 Å². The lowest BCUT2D eigenvalue weighted by Gasteiger charge is -2.14. The molecule has 0 heterocycles. The number of aliphatic imine (C=N–C) groups is 1. The summed E-state index contributed by atoms with van der Waals surface area (Å²) in [5.41, 5.74) is 2.28. The Morgan fingerprint density at radius 1 is 1.06 bits per heavy atom. The molecule has 0 unspecified atom stereocenters. The number of ether oxygens (including phenoxy) is 1. The zero-order chi connectivity index (χ0) is 22.7. The largest absolute Gasteiger partial charge is 0.484 e. The van der Waals surface area contributed by atoms with Crippen LogP contribution in [0.1, 0.15) is 23.6 Å². The van der Waals surface area contributed by atoms with Crippen LogP contribution in [0.15, 0.2) is 53.5 Å². The predicted molar refractivity (Wildman–Crippen MR) is 129 cm³/mol. The lowest BCUT2D eigenvalue weighted by atomic mass is 10.1. The van der Waals surface area contributed by atoms with Gasteiger partial charge in [-0.1, -0.05) is 42.5 Å². The smallest absolute Gasteiger partial charge is 0.422 e. The van der Waals surface area contributed by atoms with E-state index >= 15 is 0 Å². The Morgan fingerprint density at radius 3 is 2.44 bits per heavy atom. The fourth-order valence-corrected chi connectivity index (χ4v) is 2.62. The quantitative estimate of drug-likeness (QED) is 0.245. The lowest BCUT2D eigenvalue weighted by molar-refractivity contribution is -0.153. The molecule has 0 atom stereocenters. The van der Waals surface area contributed by atoms with Crippen LogP contribution < -0.4 is 20.7 Å². The molecule has 0 fully saturated rings. The summed E-state index contributed by atoms with van der Waals surface area (Å²) in [6.07, 6.45) is -4.42. The van der Waals surface area contributed by atoms with Gasteiger partial charge in [-0.15, -0.1) is 24.0 Å². The minimum Gasteiger partial charge on any atom is -0.484 e. The highest BCUT2D eigenvalue weighted by Crippen LogP contribution is 2.24. The van der Waals surface area contributed by atoms with Gasteiger partial charge in [0.05, 0.1) is 13.1 Å². The Bertz CT molecular complexity index is 877. The number of benzene rings is 2. The average Bonchev–Trinajstić information content (AvgIpc) is 2.73. The molecule has 10 heteroatoms. The Labute approximate surface area is 203 Å².